The molecular weight excluding hydrogens is 208 g/mol. The van der Waals surface area contributed by atoms with Gasteiger partial charge in [0.1, 0.15) is 0 Å². The lowest BCUT2D eigenvalue weighted by molar-refractivity contribution is -0.0438. The summed E-state index contributed by atoms with van der Waals surface area (Å²) >= 11 is 0. The Kier molecular flexibility index (Phi) is 3.57. The van der Waals surface area contributed by atoms with Gasteiger partial charge in [0.2, 0.25) is 0 Å². The Morgan fingerprint density at radius 2 is 1.88 bits per heavy atom. The predicted molar refractivity (Wildman–Crippen MR) is 74.0 cm³/mol. The van der Waals surface area contributed by atoms with Crippen molar-refractivity contribution < 1.29 is 0 Å². The summed E-state index contributed by atoms with van der Waals surface area (Å²) in [7, 11) is 0. The van der Waals surface area contributed by atoms with Crippen molar-refractivity contribution in [3.05, 3.63) is 0 Å². The summed E-state index contributed by atoms with van der Waals surface area (Å²) in [6.45, 7) is 11.7. The highest BCUT2D eigenvalue weighted by molar-refractivity contribution is 5.09. The van der Waals surface area contributed by atoms with Crippen LogP contribution < -0.4 is 5.73 Å². The van der Waals surface area contributed by atoms with Crippen molar-refractivity contribution in [1.82, 2.24) is 4.90 Å². The topological polar surface area (TPSA) is 29.3 Å². The molecule has 0 bridgehead atoms. The number of nitrogens with zero attached hydrogens (tertiary/aromatic N) is 1. The molecule has 3 unspecified atom stereocenters. The monoisotopic (exact) mass is 238 g/mol. The van der Waals surface area contributed by atoms with Gasteiger partial charge < -0.3 is 5.73 Å². The zero-order valence-corrected chi connectivity index (χ0v) is 12.1. The van der Waals surface area contributed by atoms with Crippen LogP contribution >= 0.6 is 0 Å². The molecule has 0 aromatic rings. The maximum absolute atomic E-state index is 6.24. The Hall–Kier alpha value is -0.0800. The lowest BCUT2D eigenvalue weighted by Crippen LogP contribution is -2.64. The van der Waals surface area contributed by atoms with Crippen LogP contribution in [0.4, 0.5) is 0 Å². The Morgan fingerprint density at radius 1 is 1.18 bits per heavy atom. The van der Waals surface area contributed by atoms with E-state index in [9.17, 15) is 0 Å². The van der Waals surface area contributed by atoms with Crippen LogP contribution in [0.15, 0.2) is 0 Å². The fraction of sp³-hybridized carbons (Fsp3) is 1.00. The molecule has 0 amide bonds. The number of likely N-dealkylation sites (tertiary alicyclic amines) is 1. The molecular formula is C15H30N2. The van der Waals surface area contributed by atoms with E-state index in [1.54, 1.807) is 0 Å². The van der Waals surface area contributed by atoms with Crippen molar-refractivity contribution in [2.45, 2.75) is 71.4 Å². The lowest BCUT2D eigenvalue weighted by Gasteiger charge is -2.54. The van der Waals surface area contributed by atoms with Gasteiger partial charge in [-0.1, -0.05) is 27.2 Å². The van der Waals surface area contributed by atoms with Gasteiger partial charge in [-0.2, -0.15) is 0 Å². The zero-order valence-electron chi connectivity index (χ0n) is 12.1. The summed E-state index contributed by atoms with van der Waals surface area (Å²) in [5.41, 5.74) is 6.89. The van der Waals surface area contributed by atoms with Gasteiger partial charge in [0.25, 0.3) is 0 Å². The van der Waals surface area contributed by atoms with Gasteiger partial charge >= 0.3 is 0 Å². The van der Waals surface area contributed by atoms with E-state index in [1.807, 2.05) is 0 Å². The molecule has 2 nitrogen and oxygen atoms in total. The van der Waals surface area contributed by atoms with Crippen LogP contribution in [-0.4, -0.2) is 29.6 Å². The first-order valence-electron chi connectivity index (χ1n) is 7.40. The molecule has 2 N–H and O–H groups in total. The maximum atomic E-state index is 6.24. The molecule has 0 aromatic heterocycles. The van der Waals surface area contributed by atoms with Gasteiger partial charge in [0, 0.05) is 24.7 Å². The molecule has 1 saturated heterocycles. The fourth-order valence-electron chi connectivity index (χ4n) is 4.31. The van der Waals surface area contributed by atoms with Crippen LogP contribution in [0.5, 0.6) is 0 Å². The highest BCUT2D eigenvalue weighted by Crippen LogP contribution is 2.51. The van der Waals surface area contributed by atoms with E-state index in [0.717, 1.165) is 12.5 Å². The summed E-state index contributed by atoms with van der Waals surface area (Å²) < 4.78 is 0. The van der Waals surface area contributed by atoms with E-state index in [2.05, 4.69) is 32.6 Å². The Morgan fingerprint density at radius 3 is 2.41 bits per heavy atom. The van der Waals surface area contributed by atoms with Crippen LogP contribution in [0.25, 0.3) is 0 Å². The molecule has 0 spiro atoms. The van der Waals surface area contributed by atoms with E-state index >= 15 is 0 Å². The van der Waals surface area contributed by atoms with Gasteiger partial charge in [0.15, 0.2) is 0 Å². The van der Waals surface area contributed by atoms with Gasteiger partial charge in [-0.3, -0.25) is 4.90 Å². The molecule has 2 rings (SSSR count). The summed E-state index contributed by atoms with van der Waals surface area (Å²) in [5, 5.41) is 0. The third-order valence-corrected chi connectivity index (χ3v) is 5.66. The summed E-state index contributed by atoms with van der Waals surface area (Å²) in [4.78, 5) is 2.77. The normalized spacial score (nSPS) is 42.9. The minimum Gasteiger partial charge on any atom is -0.329 e. The molecule has 1 aliphatic heterocycles. The van der Waals surface area contributed by atoms with Gasteiger partial charge in [0.05, 0.1) is 0 Å². The Balaban J connectivity index is 2.27. The first kappa shape index (κ1) is 13.4. The van der Waals surface area contributed by atoms with E-state index in [1.165, 1.54) is 38.6 Å². The number of hydrogen-bond acceptors (Lipinski definition) is 2. The third-order valence-electron chi connectivity index (χ3n) is 5.66. The van der Waals surface area contributed by atoms with Crippen LogP contribution in [0, 0.1) is 11.3 Å². The molecule has 1 aliphatic carbocycles. The average Bonchev–Trinajstić information content (AvgIpc) is 2.58. The lowest BCUT2D eigenvalue weighted by atomic mass is 9.71. The predicted octanol–water partition coefficient (Wildman–Crippen LogP) is 3.01. The molecule has 17 heavy (non-hydrogen) atoms. The number of nitrogens with two attached hydrogens (primary N) is 1. The Labute approximate surface area is 107 Å². The Bertz CT molecular complexity index is 274. The van der Waals surface area contributed by atoms with E-state index < -0.39 is 0 Å². The van der Waals surface area contributed by atoms with E-state index in [4.69, 9.17) is 5.73 Å². The fourth-order valence-corrected chi connectivity index (χ4v) is 4.31. The summed E-state index contributed by atoms with van der Waals surface area (Å²) in [5.74, 6) is 0.839. The molecule has 0 radical (unpaired) electrons. The third kappa shape index (κ3) is 2.04. The molecule has 2 aliphatic rings. The van der Waals surface area contributed by atoms with E-state index in [-0.39, 0.29) is 5.54 Å². The average molecular weight is 238 g/mol. The first-order valence-corrected chi connectivity index (χ1v) is 7.40. The number of piperidine rings is 1. The molecule has 3 atom stereocenters. The zero-order chi connectivity index (χ0) is 12.7. The van der Waals surface area contributed by atoms with Crippen LogP contribution in [0.3, 0.4) is 0 Å². The standard InChI is InChI=1S/C15H30N2/c1-12-6-7-13(2)17(10-12)15(11-16)9-5-8-14(15,3)4/h12-13H,5-11,16H2,1-4H3. The number of rotatable bonds is 2. The summed E-state index contributed by atoms with van der Waals surface area (Å²) in [6, 6.07) is 0.715. The summed E-state index contributed by atoms with van der Waals surface area (Å²) in [6.07, 6.45) is 6.72. The second kappa shape index (κ2) is 4.55. The second-order valence-corrected chi connectivity index (χ2v) is 7.16. The van der Waals surface area contributed by atoms with Crippen LogP contribution in [-0.2, 0) is 0 Å². The molecule has 1 heterocycles. The van der Waals surface area contributed by atoms with Gasteiger partial charge in [-0.15, -0.1) is 0 Å². The SMILES string of the molecule is CC1CCC(C)N(C2(CN)CCCC2(C)C)C1. The van der Waals surface area contributed by atoms with Crippen molar-refractivity contribution in [2.24, 2.45) is 17.1 Å². The largest absolute Gasteiger partial charge is 0.329 e. The molecule has 0 aromatic carbocycles. The highest BCUT2D eigenvalue weighted by atomic mass is 15.3. The van der Waals surface area contributed by atoms with Crippen LogP contribution in [0.1, 0.15) is 59.8 Å². The molecule has 1 saturated carbocycles. The first-order chi connectivity index (χ1) is 7.93. The van der Waals surface area contributed by atoms with Crippen molar-refractivity contribution >= 4 is 0 Å². The van der Waals surface area contributed by atoms with Crippen molar-refractivity contribution in [2.75, 3.05) is 13.1 Å². The van der Waals surface area contributed by atoms with E-state index in [0.29, 0.717) is 11.5 Å². The maximum Gasteiger partial charge on any atom is 0.0385 e. The molecule has 2 heteroatoms. The second-order valence-electron chi connectivity index (χ2n) is 7.16. The smallest absolute Gasteiger partial charge is 0.0385 e. The van der Waals surface area contributed by atoms with Crippen molar-refractivity contribution in [3.63, 3.8) is 0 Å². The highest BCUT2D eigenvalue weighted by Gasteiger charge is 2.53. The minimum atomic E-state index is 0.265. The quantitative estimate of drug-likeness (QED) is 0.801. The number of hydrogen-bond donors (Lipinski definition) is 1. The van der Waals surface area contributed by atoms with Crippen molar-refractivity contribution in [1.29, 1.82) is 0 Å². The van der Waals surface area contributed by atoms with Gasteiger partial charge in [-0.25, -0.2) is 0 Å². The molecule has 100 valence electrons. The van der Waals surface area contributed by atoms with Crippen LogP contribution in [0.2, 0.25) is 0 Å². The van der Waals surface area contributed by atoms with Crippen molar-refractivity contribution in [3.8, 4) is 0 Å². The molecule has 2 fully saturated rings. The minimum absolute atomic E-state index is 0.265. The van der Waals surface area contributed by atoms with Gasteiger partial charge in [-0.05, 0) is 43.9 Å².